The first-order chi connectivity index (χ1) is 16.2. The van der Waals surface area contributed by atoms with E-state index >= 15 is 0 Å². The lowest BCUT2D eigenvalue weighted by atomic mass is 10.0. The van der Waals surface area contributed by atoms with Gasteiger partial charge in [0.25, 0.3) is 11.9 Å². The molecule has 3 aromatic carbocycles. The Morgan fingerprint density at radius 2 is 1.45 bits per heavy atom. The molecule has 166 valence electrons. The number of aromatic nitrogens is 1. The number of hydrogen-bond acceptors (Lipinski definition) is 5. The Hall–Kier alpha value is -3.64. The Kier molecular flexibility index (Phi) is 5.07. The first-order valence-electron chi connectivity index (χ1n) is 11.5. The zero-order valence-corrected chi connectivity index (χ0v) is 18.4. The topological polar surface area (TPSA) is 52.8 Å². The van der Waals surface area contributed by atoms with Gasteiger partial charge in [0.15, 0.2) is 5.58 Å². The first kappa shape index (κ1) is 20.0. The maximum atomic E-state index is 12.9. The zero-order chi connectivity index (χ0) is 22.2. The van der Waals surface area contributed by atoms with Gasteiger partial charge in [-0.05, 0) is 35.4 Å². The van der Waals surface area contributed by atoms with Crippen LogP contribution >= 0.6 is 0 Å². The number of para-hydroxylation sites is 2. The number of oxazole rings is 1. The van der Waals surface area contributed by atoms with Crippen LogP contribution in [0.25, 0.3) is 22.2 Å². The standard InChI is InChI=1S/C27H26N4O2/c32-26(22-12-10-21(11-13-22)20-6-2-1-3-7-20)31-18-23(19-31)29-14-16-30(17-15-29)27-28-24-8-4-5-9-25(24)33-27/h1-13,23H,14-19H2. The lowest BCUT2D eigenvalue weighted by molar-refractivity contribution is 0.0244. The van der Waals surface area contributed by atoms with Gasteiger partial charge in [-0.1, -0.05) is 54.6 Å². The van der Waals surface area contributed by atoms with Crippen molar-refractivity contribution in [3.63, 3.8) is 0 Å². The van der Waals surface area contributed by atoms with Crippen LogP contribution in [0.4, 0.5) is 6.01 Å². The average molecular weight is 439 g/mol. The van der Waals surface area contributed by atoms with E-state index in [1.54, 1.807) is 0 Å². The summed E-state index contributed by atoms with van der Waals surface area (Å²) in [4.78, 5) is 24.2. The Balaban J connectivity index is 1.02. The summed E-state index contributed by atoms with van der Waals surface area (Å²) < 4.78 is 5.92. The van der Waals surface area contributed by atoms with Crippen molar-refractivity contribution in [2.45, 2.75) is 6.04 Å². The van der Waals surface area contributed by atoms with Crippen molar-refractivity contribution in [2.24, 2.45) is 0 Å². The van der Waals surface area contributed by atoms with Gasteiger partial charge in [0, 0.05) is 50.9 Å². The fraction of sp³-hybridized carbons (Fsp3) is 0.259. The molecule has 2 aliphatic heterocycles. The number of nitrogens with zero attached hydrogens (tertiary/aromatic N) is 4. The van der Waals surface area contributed by atoms with Crippen molar-refractivity contribution in [3.05, 3.63) is 84.4 Å². The van der Waals surface area contributed by atoms with Crippen LogP contribution in [-0.2, 0) is 0 Å². The largest absolute Gasteiger partial charge is 0.423 e. The Morgan fingerprint density at radius 3 is 2.18 bits per heavy atom. The molecule has 0 bridgehead atoms. The predicted octanol–water partition coefficient (Wildman–Crippen LogP) is 4.14. The highest BCUT2D eigenvalue weighted by Gasteiger charge is 2.36. The molecule has 6 nitrogen and oxygen atoms in total. The molecular formula is C27H26N4O2. The van der Waals surface area contributed by atoms with E-state index in [1.165, 1.54) is 0 Å². The van der Waals surface area contributed by atoms with Crippen LogP contribution in [-0.4, -0.2) is 66.0 Å². The molecule has 33 heavy (non-hydrogen) atoms. The molecule has 2 aliphatic rings. The third-order valence-corrected chi connectivity index (χ3v) is 6.77. The minimum absolute atomic E-state index is 0.121. The Bertz CT molecular complexity index is 1220. The van der Waals surface area contributed by atoms with Crippen LogP contribution in [0.2, 0.25) is 0 Å². The summed E-state index contributed by atoms with van der Waals surface area (Å²) in [7, 11) is 0. The number of anilines is 1. The summed E-state index contributed by atoms with van der Waals surface area (Å²) in [6.07, 6.45) is 0. The molecule has 3 heterocycles. The summed E-state index contributed by atoms with van der Waals surface area (Å²) in [5.41, 5.74) is 4.79. The number of likely N-dealkylation sites (tertiary alicyclic amines) is 1. The molecule has 0 radical (unpaired) electrons. The van der Waals surface area contributed by atoms with E-state index in [1.807, 2.05) is 71.6 Å². The van der Waals surface area contributed by atoms with Crippen LogP contribution < -0.4 is 4.90 Å². The molecule has 2 fully saturated rings. The minimum Gasteiger partial charge on any atom is -0.423 e. The molecule has 0 saturated carbocycles. The van der Waals surface area contributed by atoms with E-state index in [4.69, 9.17) is 4.42 Å². The van der Waals surface area contributed by atoms with E-state index in [0.717, 1.165) is 67.1 Å². The number of amides is 1. The van der Waals surface area contributed by atoms with Crippen molar-refractivity contribution in [3.8, 4) is 11.1 Å². The highest BCUT2D eigenvalue weighted by molar-refractivity contribution is 5.95. The summed E-state index contributed by atoms with van der Waals surface area (Å²) in [5, 5.41) is 0. The molecular weight excluding hydrogens is 412 g/mol. The molecule has 6 rings (SSSR count). The quantitative estimate of drug-likeness (QED) is 0.479. The highest BCUT2D eigenvalue weighted by atomic mass is 16.4. The van der Waals surface area contributed by atoms with Crippen molar-refractivity contribution in [1.29, 1.82) is 0 Å². The van der Waals surface area contributed by atoms with E-state index in [0.29, 0.717) is 12.1 Å². The number of carbonyl (C=O) groups is 1. The second kappa shape index (κ2) is 8.37. The van der Waals surface area contributed by atoms with Crippen LogP contribution in [0.3, 0.4) is 0 Å². The number of rotatable bonds is 4. The molecule has 0 atom stereocenters. The summed E-state index contributed by atoms with van der Waals surface area (Å²) >= 11 is 0. The normalized spacial score (nSPS) is 17.3. The lowest BCUT2D eigenvalue weighted by Crippen LogP contribution is -2.64. The number of fused-ring (bicyclic) bond motifs is 1. The Morgan fingerprint density at radius 1 is 0.788 bits per heavy atom. The highest BCUT2D eigenvalue weighted by Crippen LogP contribution is 2.25. The van der Waals surface area contributed by atoms with Gasteiger partial charge in [-0.15, -0.1) is 0 Å². The van der Waals surface area contributed by atoms with Crippen molar-refractivity contribution in [1.82, 2.24) is 14.8 Å². The zero-order valence-electron chi connectivity index (χ0n) is 18.4. The van der Waals surface area contributed by atoms with E-state index in [9.17, 15) is 4.79 Å². The van der Waals surface area contributed by atoms with Gasteiger partial charge in [-0.2, -0.15) is 4.98 Å². The van der Waals surface area contributed by atoms with E-state index < -0.39 is 0 Å². The fourth-order valence-corrected chi connectivity index (χ4v) is 4.74. The van der Waals surface area contributed by atoms with E-state index in [2.05, 4.69) is 26.9 Å². The van der Waals surface area contributed by atoms with Crippen molar-refractivity contribution >= 4 is 23.0 Å². The van der Waals surface area contributed by atoms with Crippen LogP contribution in [0.15, 0.2) is 83.3 Å². The molecule has 1 aromatic heterocycles. The molecule has 0 aliphatic carbocycles. The smallest absolute Gasteiger partial charge is 0.298 e. The number of piperazine rings is 1. The third kappa shape index (κ3) is 3.87. The van der Waals surface area contributed by atoms with Gasteiger partial charge in [0.2, 0.25) is 0 Å². The summed E-state index contributed by atoms with van der Waals surface area (Å²) in [5.74, 6) is 0.121. The lowest BCUT2D eigenvalue weighted by Gasteiger charge is -2.48. The van der Waals surface area contributed by atoms with Crippen LogP contribution in [0.5, 0.6) is 0 Å². The molecule has 0 unspecified atom stereocenters. The van der Waals surface area contributed by atoms with Crippen LogP contribution in [0.1, 0.15) is 10.4 Å². The molecule has 6 heteroatoms. The number of carbonyl (C=O) groups excluding carboxylic acids is 1. The minimum atomic E-state index is 0.121. The molecule has 0 spiro atoms. The maximum absolute atomic E-state index is 12.9. The fourth-order valence-electron chi connectivity index (χ4n) is 4.74. The summed E-state index contributed by atoms with van der Waals surface area (Å²) in [6, 6.07) is 27.2. The molecule has 2 saturated heterocycles. The average Bonchev–Trinajstić information content (AvgIpc) is 3.29. The predicted molar refractivity (Wildman–Crippen MR) is 129 cm³/mol. The maximum Gasteiger partial charge on any atom is 0.298 e. The third-order valence-electron chi connectivity index (χ3n) is 6.77. The van der Waals surface area contributed by atoms with Gasteiger partial charge < -0.3 is 14.2 Å². The van der Waals surface area contributed by atoms with Crippen molar-refractivity contribution < 1.29 is 9.21 Å². The Labute approximate surface area is 193 Å². The van der Waals surface area contributed by atoms with Crippen molar-refractivity contribution in [2.75, 3.05) is 44.2 Å². The molecule has 1 amide bonds. The number of benzene rings is 3. The summed E-state index contributed by atoms with van der Waals surface area (Å²) in [6.45, 7) is 5.27. The van der Waals surface area contributed by atoms with Gasteiger partial charge in [-0.3, -0.25) is 9.69 Å². The SMILES string of the molecule is O=C(c1ccc(-c2ccccc2)cc1)N1CC(N2CCN(c3nc4ccccc4o3)CC2)C1. The van der Waals surface area contributed by atoms with Gasteiger partial charge in [0.05, 0.1) is 0 Å². The monoisotopic (exact) mass is 438 g/mol. The van der Waals surface area contributed by atoms with Gasteiger partial charge in [0.1, 0.15) is 5.52 Å². The van der Waals surface area contributed by atoms with Crippen LogP contribution in [0, 0.1) is 0 Å². The van der Waals surface area contributed by atoms with E-state index in [-0.39, 0.29) is 5.91 Å². The van der Waals surface area contributed by atoms with Gasteiger partial charge >= 0.3 is 0 Å². The number of hydrogen-bond donors (Lipinski definition) is 0. The second-order valence-electron chi connectivity index (χ2n) is 8.79. The molecule has 0 N–H and O–H groups in total. The first-order valence-corrected chi connectivity index (χ1v) is 11.5. The molecule has 4 aromatic rings. The second-order valence-corrected chi connectivity index (χ2v) is 8.79. The van der Waals surface area contributed by atoms with Gasteiger partial charge in [-0.25, -0.2) is 0 Å².